The van der Waals surface area contributed by atoms with E-state index in [0.717, 1.165) is 18.4 Å². The van der Waals surface area contributed by atoms with Crippen LogP contribution in [0.15, 0.2) is 12.3 Å². The molecule has 4 nitrogen and oxygen atoms in total. The number of aromatic nitrogens is 1. The predicted molar refractivity (Wildman–Crippen MR) is 78.3 cm³/mol. The molecule has 0 aliphatic rings. The van der Waals surface area contributed by atoms with Crippen LogP contribution >= 0.6 is 11.8 Å². The zero-order chi connectivity index (χ0) is 14.3. The molecule has 1 atom stereocenters. The minimum Gasteiger partial charge on any atom is -0.370 e. The molecule has 1 amide bonds. The molecule has 2 N–H and O–H groups in total. The van der Waals surface area contributed by atoms with Gasteiger partial charge in [-0.3, -0.25) is 4.79 Å². The highest BCUT2D eigenvalue weighted by molar-refractivity contribution is 7.98. The molecule has 0 saturated heterocycles. The lowest BCUT2D eigenvalue weighted by Gasteiger charge is -2.15. The summed E-state index contributed by atoms with van der Waals surface area (Å²) in [5.41, 5.74) is 0.248. The number of carbonyl (C=O) groups is 1. The van der Waals surface area contributed by atoms with Crippen LogP contribution in [-0.4, -0.2) is 35.5 Å². The van der Waals surface area contributed by atoms with Gasteiger partial charge in [0.15, 0.2) is 0 Å². The molecule has 19 heavy (non-hydrogen) atoms. The van der Waals surface area contributed by atoms with E-state index >= 15 is 0 Å². The van der Waals surface area contributed by atoms with Crippen molar-refractivity contribution in [2.45, 2.75) is 26.3 Å². The van der Waals surface area contributed by atoms with Gasteiger partial charge in [-0.05, 0) is 38.3 Å². The number of carbonyl (C=O) groups excluding carboxylic acids is 1. The fraction of sp³-hybridized carbons (Fsp3) is 0.538. The van der Waals surface area contributed by atoms with E-state index < -0.39 is 5.82 Å². The van der Waals surface area contributed by atoms with E-state index in [1.807, 2.05) is 20.1 Å². The monoisotopic (exact) mass is 285 g/mol. The molecule has 1 aromatic rings. The molecule has 106 valence electrons. The minimum absolute atomic E-state index is 0.0534. The van der Waals surface area contributed by atoms with E-state index in [9.17, 15) is 9.18 Å². The maximum Gasteiger partial charge on any atom is 0.255 e. The molecule has 1 rings (SSSR count). The second-order valence-electron chi connectivity index (χ2n) is 4.24. The Kier molecular flexibility index (Phi) is 6.62. The van der Waals surface area contributed by atoms with Crippen molar-refractivity contribution in [1.29, 1.82) is 0 Å². The van der Waals surface area contributed by atoms with Crippen LogP contribution in [0.5, 0.6) is 0 Å². The number of rotatable bonds is 7. The number of thioether (sulfide) groups is 1. The molecule has 0 fully saturated rings. The van der Waals surface area contributed by atoms with Crippen molar-refractivity contribution < 1.29 is 9.18 Å². The summed E-state index contributed by atoms with van der Waals surface area (Å²) in [5.74, 6) is 0.585. The molecule has 0 saturated carbocycles. The molecule has 1 unspecified atom stereocenters. The van der Waals surface area contributed by atoms with Gasteiger partial charge in [0.1, 0.15) is 11.6 Å². The summed E-state index contributed by atoms with van der Waals surface area (Å²) in [5, 5.41) is 5.82. The number of nitrogens with zero attached hydrogens (tertiary/aromatic N) is 1. The standard InChI is InChI=1S/C13H20FN3OS/c1-4-15-12-11(7-10(14)8-16-12)13(18)17-9(2)5-6-19-3/h7-9H,4-6H2,1-3H3,(H,15,16)(H,17,18). The van der Waals surface area contributed by atoms with Crippen LogP contribution in [-0.2, 0) is 0 Å². The highest BCUT2D eigenvalue weighted by Gasteiger charge is 2.15. The van der Waals surface area contributed by atoms with Gasteiger partial charge in [0.05, 0.1) is 11.8 Å². The number of anilines is 1. The summed E-state index contributed by atoms with van der Waals surface area (Å²) in [6, 6.07) is 1.26. The van der Waals surface area contributed by atoms with E-state index in [1.165, 1.54) is 6.07 Å². The third-order valence-corrected chi connectivity index (χ3v) is 3.22. The lowest BCUT2D eigenvalue weighted by Crippen LogP contribution is -2.33. The van der Waals surface area contributed by atoms with E-state index in [0.29, 0.717) is 12.4 Å². The van der Waals surface area contributed by atoms with E-state index in [1.54, 1.807) is 11.8 Å². The number of halogens is 1. The fourth-order valence-electron chi connectivity index (χ4n) is 1.59. The van der Waals surface area contributed by atoms with Crippen molar-refractivity contribution in [3.63, 3.8) is 0 Å². The largest absolute Gasteiger partial charge is 0.370 e. The van der Waals surface area contributed by atoms with Crippen molar-refractivity contribution in [2.24, 2.45) is 0 Å². The van der Waals surface area contributed by atoms with Crippen LogP contribution in [0.1, 0.15) is 30.6 Å². The second-order valence-corrected chi connectivity index (χ2v) is 5.22. The van der Waals surface area contributed by atoms with E-state index in [4.69, 9.17) is 0 Å². The van der Waals surface area contributed by atoms with Crippen molar-refractivity contribution in [3.05, 3.63) is 23.6 Å². The Morgan fingerprint density at radius 2 is 2.32 bits per heavy atom. The molecule has 0 aliphatic heterocycles. The summed E-state index contributed by atoms with van der Waals surface area (Å²) >= 11 is 1.73. The zero-order valence-corrected chi connectivity index (χ0v) is 12.3. The number of nitrogens with one attached hydrogen (secondary N) is 2. The van der Waals surface area contributed by atoms with E-state index in [2.05, 4.69) is 15.6 Å². The van der Waals surface area contributed by atoms with Crippen molar-refractivity contribution in [3.8, 4) is 0 Å². The Balaban J connectivity index is 2.77. The average Bonchev–Trinajstić information content (AvgIpc) is 2.38. The van der Waals surface area contributed by atoms with Crippen LogP contribution < -0.4 is 10.6 Å². The predicted octanol–water partition coefficient (Wildman–Crippen LogP) is 2.52. The molecule has 0 aromatic carbocycles. The van der Waals surface area contributed by atoms with Gasteiger partial charge >= 0.3 is 0 Å². The molecule has 1 aromatic heterocycles. The van der Waals surface area contributed by atoms with Crippen molar-refractivity contribution in [2.75, 3.05) is 23.9 Å². The van der Waals surface area contributed by atoms with Crippen molar-refractivity contribution in [1.82, 2.24) is 10.3 Å². The summed E-state index contributed by atoms with van der Waals surface area (Å²) in [6.07, 6.45) is 4.01. The smallest absolute Gasteiger partial charge is 0.255 e. The van der Waals surface area contributed by atoms with Crippen LogP contribution in [0.4, 0.5) is 10.2 Å². The molecule has 0 spiro atoms. The van der Waals surface area contributed by atoms with Gasteiger partial charge in [-0.1, -0.05) is 0 Å². The number of hydrogen-bond donors (Lipinski definition) is 2. The first-order chi connectivity index (χ1) is 9.08. The maximum absolute atomic E-state index is 13.2. The lowest BCUT2D eigenvalue weighted by molar-refractivity contribution is 0.0939. The van der Waals surface area contributed by atoms with Crippen LogP contribution in [0, 0.1) is 5.82 Å². The van der Waals surface area contributed by atoms with Gasteiger partial charge in [0.2, 0.25) is 0 Å². The summed E-state index contributed by atoms with van der Waals surface area (Å²) in [7, 11) is 0. The Morgan fingerprint density at radius 1 is 1.58 bits per heavy atom. The summed E-state index contributed by atoms with van der Waals surface area (Å²) in [6.45, 7) is 4.46. The molecular weight excluding hydrogens is 265 g/mol. The van der Waals surface area contributed by atoms with Gasteiger partial charge in [-0.25, -0.2) is 9.37 Å². The Hall–Kier alpha value is -1.30. The average molecular weight is 285 g/mol. The second kappa shape index (κ2) is 7.99. The molecule has 0 radical (unpaired) electrons. The van der Waals surface area contributed by atoms with Crippen molar-refractivity contribution >= 4 is 23.5 Å². The van der Waals surface area contributed by atoms with Crippen LogP contribution in [0.25, 0.3) is 0 Å². The number of pyridine rings is 1. The Labute approximate surface area is 117 Å². The molecule has 6 heteroatoms. The first-order valence-electron chi connectivity index (χ1n) is 6.27. The quantitative estimate of drug-likeness (QED) is 0.808. The Bertz CT molecular complexity index is 428. The number of hydrogen-bond acceptors (Lipinski definition) is 4. The minimum atomic E-state index is -0.511. The van der Waals surface area contributed by atoms with Gasteiger partial charge in [-0.2, -0.15) is 11.8 Å². The third kappa shape index (κ3) is 5.06. The van der Waals surface area contributed by atoms with Crippen LogP contribution in [0.2, 0.25) is 0 Å². The first-order valence-corrected chi connectivity index (χ1v) is 7.67. The molecule has 1 heterocycles. The topological polar surface area (TPSA) is 54.0 Å². The van der Waals surface area contributed by atoms with Gasteiger partial charge in [0, 0.05) is 12.6 Å². The Morgan fingerprint density at radius 3 is 2.95 bits per heavy atom. The van der Waals surface area contributed by atoms with E-state index in [-0.39, 0.29) is 17.5 Å². The van der Waals surface area contributed by atoms with Gasteiger partial charge < -0.3 is 10.6 Å². The zero-order valence-electron chi connectivity index (χ0n) is 11.5. The maximum atomic E-state index is 13.2. The highest BCUT2D eigenvalue weighted by atomic mass is 32.2. The summed E-state index contributed by atoms with van der Waals surface area (Å²) in [4.78, 5) is 16.0. The van der Waals surface area contributed by atoms with Gasteiger partial charge in [0.25, 0.3) is 5.91 Å². The highest BCUT2D eigenvalue weighted by Crippen LogP contribution is 2.14. The fourth-order valence-corrected chi connectivity index (χ4v) is 2.18. The third-order valence-electron chi connectivity index (χ3n) is 2.58. The van der Waals surface area contributed by atoms with Crippen LogP contribution in [0.3, 0.4) is 0 Å². The SMILES string of the molecule is CCNc1ncc(F)cc1C(=O)NC(C)CCSC. The molecule has 0 aliphatic carbocycles. The molecular formula is C13H20FN3OS. The summed E-state index contributed by atoms with van der Waals surface area (Å²) < 4.78 is 13.2. The number of amides is 1. The van der Waals surface area contributed by atoms with Gasteiger partial charge in [-0.15, -0.1) is 0 Å². The molecule has 0 bridgehead atoms. The first kappa shape index (κ1) is 15.8. The normalized spacial score (nSPS) is 12.0. The lowest BCUT2D eigenvalue weighted by atomic mass is 10.2.